The second kappa shape index (κ2) is 7.37. The van der Waals surface area contributed by atoms with E-state index in [1.165, 1.54) is 0 Å². The second-order valence-corrected chi connectivity index (χ2v) is 6.43. The van der Waals surface area contributed by atoms with Crippen molar-refractivity contribution < 1.29 is 9.53 Å². The molecule has 2 aromatic carbocycles. The molecule has 0 fully saturated rings. The molecule has 0 aliphatic carbocycles. The number of para-hydroxylation sites is 1. The van der Waals surface area contributed by atoms with Gasteiger partial charge in [-0.2, -0.15) is 10.4 Å². The minimum atomic E-state index is -0.760. The van der Waals surface area contributed by atoms with Crippen molar-refractivity contribution in [3.63, 3.8) is 0 Å². The predicted molar refractivity (Wildman–Crippen MR) is 109 cm³/mol. The maximum atomic E-state index is 11.8. The van der Waals surface area contributed by atoms with Crippen LogP contribution in [0.2, 0.25) is 0 Å². The largest absolute Gasteiger partial charge is 0.457 e. The van der Waals surface area contributed by atoms with Crippen molar-refractivity contribution in [2.24, 2.45) is 5.73 Å². The molecule has 0 unspecified atom stereocenters. The lowest BCUT2D eigenvalue weighted by Crippen LogP contribution is -2.18. The number of nitrogens with two attached hydrogens (primary N) is 1. The number of benzene rings is 2. The molecule has 0 radical (unpaired) electrons. The number of ether oxygens (including phenoxy) is 1. The van der Waals surface area contributed by atoms with Gasteiger partial charge < -0.3 is 15.8 Å². The number of nitrogens with zero attached hydrogens (tertiary/aromatic N) is 3. The third kappa shape index (κ3) is 3.47. The van der Waals surface area contributed by atoms with Gasteiger partial charge in [0.05, 0.1) is 11.2 Å². The van der Waals surface area contributed by atoms with Gasteiger partial charge in [0, 0.05) is 11.9 Å². The van der Waals surface area contributed by atoms with E-state index < -0.39 is 5.91 Å². The number of rotatable bonds is 5. The number of carbonyl (C=O) groups excluding carboxylic acids is 1. The number of fused-ring (bicyclic) bond motifs is 1. The molecule has 0 saturated heterocycles. The molecule has 4 rings (SSSR count). The van der Waals surface area contributed by atoms with Crippen molar-refractivity contribution in [1.29, 1.82) is 5.26 Å². The van der Waals surface area contributed by atoms with Gasteiger partial charge >= 0.3 is 0 Å². The number of aryl methyl sites for hydroxylation is 1. The number of aromatic nitrogens is 2. The first kappa shape index (κ1) is 18.1. The van der Waals surface area contributed by atoms with Crippen molar-refractivity contribution in [2.45, 2.75) is 6.92 Å². The van der Waals surface area contributed by atoms with Crippen LogP contribution < -0.4 is 15.8 Å². The quantitative estimate of drug-likeness (QED) is 0.538. The second-order valence-electron chi connectivity index (χ2n) is 6.43. The lowest BCUT2D eigenvalue weighted by Gasteiger charge is -2.14. The van der Waals surface area contributed by atoms with Crippen LogP contribution in [0.25, 0.3) is 5.52 Å². The Labute approximate surface area is 167 Å². The van der Waals surface area contributed by atoms with Gasteiger partial charge in [-0.3, -0.25) is 4.79 Å². The normalized spacial score (nSPS) is 10.5. The van der Waals surface area contributed by atoms with Crippen LogP contribution in [0.5, 0.6) is 11.5 Å². The van der Waals surface area contributed by atoms with Crippen LogP contribution in [-0.2, 0) is 0 Å². The predicted octanol–water partition coefficient (Wildman–Crippen LogP) is 4.15. The maximum Gasteiger partial charge on any atom is 0.270 e. The van der Waals surface area contributed by atoms with Crippen LogP contribution in [0.4, 0.5) is 11.4 Å². The first-order valence-electron chi connectivity index (χ1n) is 8.88. The fourth-order valence-corrected chi connectivity index (χ4v) is 3.08. The average Bonchev–Trinajstić information content (AvgIpc) is 3.10. The Morgan fingerprint density at radius 1 is 1.10 bits per heavy atom. The van der Waals surface area contributed by atoms with Crippen LogP contribution in [0, 0.1) is 18.3 Å². The van der Waals surface area contributed by atoms with Crippen molar-refractivity contribution in [1.82, 2.24) is 9.61 Å². The molecule has 4 aromatic rings. The van der Waals surface area contributed by atoms with Crippen LogP contribution >= 0.6 is 0 Å². The zero-order valence-corrected chi connectivity index (χ0v) is 15.6. The summed E-state index contributed by atoms with van der Waals surface area (Å²) >= 11 is 0. The summed E-state index contributed by atoms with van der Waals surface area (Å²) in [5.41, 5.74) is 8.29. The van der Waals surface area contributed by atoms with Crippen LogP contribution in [-0.4, -0.2) is 15.5 Å². The Hall–Kier alpha value is -4.31. The molecular weight excluding hydrogens is 366 g/mol. The van der Waals surface area contributed by atoms with Crippen LogP contribution in [0.15, 0.2) is 66.9 Å². The topological polar surface area (TPSA) is 105 Å². The Morgan fingerprint density at radius 2 is 1.79 bits per heavy atom. The summed E-state index contributed by atoms with van der Waals surface area (Å²) in [5, 5.41) is 17.1. The minimum Gasteiger partial charge on any atom is -0.457 e. The number of hydrogen-bond acceptors (Lipinski definition) is 5. The first-order valence-corrected chi connectivity index (χ1v) is 8.88. The van der Waals surface area contributed by atoms with Gasteiger partial charge in [-0.1, -0.05) is 18.2 Å². The van der Waals surface area contributed by atoms with Crippen LogP contribution in [0.3, 0.4) is 0 Å². The SMILES string of the molecule is Cc1ccn2nc(C(N)=O)c(C#N)c(Nc3ccc(Oc4ccccc4)cc3)c12. The Morgan fingerprint density at radius 3 is 2.45 bits per heavy atom. The van der Waals surface area contributed by atoms with E-state index in [4.69, 9.17) is 10.5 Å². The fraction of sp³-hybridized carbons (Fsp3) is 0.0455. The summed E-state index contributed by atoms with van der Waals surface area (Å²) in [5.74, 6) is 0.661. The highest BCUT2D eigenvalue weighted by atomic mass is 16.5. The van der Waals surface area contributed by atoms with E-state index >= 15 is 0 Å². The summed E-state index contributed by atoms with van der Waals surface area (Å²) in [7, 11) is 0. The number of nitrogens with one attached hydrogen (secondary N) is 1. The number of carbonyl (C=O) groups is 1. The van der Waals surface area contributed by atoms with E-state index in [2.05, 4.69) is 16.5 Å². The summed E-state index contributed by atoms with van der Waals surface area (Å²) in [6.07, 6.45) is 1.72. The number of nitriles is 1. The van der Waals surface area contributed by atoms with E-state index in [1.807, 2.05) is 67.6 Å². The average molecular weight is 383 g/mol. The molecule has 0 spiro atoms. The molecule has 142 valence electrons. The zero-order chi connectivity index (χ0) is 20.4. The van der Waals surface area contributed by atoms with Crippen LogP contribution in [0.1, 0.15) is 21.6 Å². The molecule has 3 N–H and O–H groups in total. The first-order chi connectivity index (χ1) is 14.1. The molecule has 0 saturated carbocycles. The van der Waals surface area contributed by atoms with Gasteiger partial charge in [0.15, 0.2) is 5.69 Å². The van der Waals surface area contributed by atoms with Gasteiger partial charge in [-0.25, -0.2) is 4.52 Å². The zero-order valence-electron chi connectivity index (χ0n) is 15.6. The molecule has 29 heavy (non-hydrogen) atoms. The smallest absolute Gasteiger partial charge is 0.270 e. The molecule has 0 atom stereocenters. The Kier molecular flexibility index (Phi) is 4.59. The molecule has 2 heterocycles. The Balaban J connectivity index is 1.71. The molecule has 2 aromatic heterocycles. The van der Waals surface area contributed by atoms with Crippen molar-refractivity contribution >= 4 is 22.8 Å². The third-order valence-electron chi connectivity index (χ3n) is 4.45. The summed E-state index contributed by atoms with van der Waals surface area (Å²) in [6, 6.07) is 20.7. The molecule has 0 aliphatic rings. The van der Waals surface area contributed by atoms with Gasteiger partial charge in [0.2, 0.25) is 0 Å². The molecule has 0 bridgehead atoms. The highest BCUT2D eigenvalue weighted by Crippen LogP contribution is 2.31. The molecule has 7 heteroatoms. The monoisotopic (exact) mass is 383 g/mol. The molecule has 0 aliphatic heterocycles. The van der Waals surface area contributed by atoms with Gasteiger partial charge in [-0.15, -0.1) is 0 Å². The number of hydrogen-bond donors (Lipinski definition) is 2. The highest BCUT2D eigenvalue weighted by Gasteiger charge is 2.20. The molecular formula is C22H17N5O2. The number of anilines is 2. The molecule has 1 amide bonds. The van der Waals surface area contributed by atoms with E-state index in [0.717, 1.165) is 17.0 Å². The van der Waals surface area contributed by atoms with E-state index in [-0.39, 0.29) is 11.3 Å². The third-order valence-corrected chi connectivity index (χ3v) is 4.45. The van der Waals surface area contributed by atoms with Gasteiger partial charge in [0.1, 0.15) is 23.1 Å². The van der Waals surface area contributed by atoms with Gasteiger partial charge in [-0.05, 0) is 55.0 Å². The standard InChI is InChI=1S/C22H17N5O2/c1-14-11-12-27-21(14)19(18(13-23)20(26-27)22(24)28)25-15-7-9-17(10-8-15)29-16-5-3-2-4-6-16/h2-12,25H,1H3,(H2,24,28). The summed E-state index contributed by atoms with van der Waals surface area (Å²) in [6.45, 7) is 1.91. The van der Waals surface area contributed by atoms with Gasteiger partial charge in [0.25, 0.3) is 5.91 Å². The van der Waals surface area contributed by atoms with E-state index in [0.29, 0.717) is 17.0 Å². The Bertz CT molecular complexity index is 1240. The van der Waals surface area contributed by atoms with Crippen molar-refractivity contribution in [3.8, 4) is 17.6 Å². The van der Waals surface area contributed by atoms with E-state index in [9.17, 15) is 10.1 Å². The number of primary amides is 1. The van der Waals surface area contributed by atoms with Crippen molar-refractivity contribution in [3.05, 3.63) is 83.7 Å². The fourth-order valence-electron chi connectivity index (χ4n) is 3.08. The summed E-state index contributed by atoms with van der Waals surface area (Å²) in [4.78, 5) is 11.8. The lowest BCUT2D eigenvalue weighted by atomic mass is 10.1. The lowest BCUT2D eigenvalue weighted by molar-refractivity contribution is 0.0994. The maximum absolute atomic E-state index is 11.8. The molecule has 7 nitrogen and oxygen atoms in total. The van der Waals surface area contributed by atoms with E-state index in [1.54, 1.807) is 10.7 Å². The number of amides is 1. The minimum absolute atomic E-state index is 0.0814. The highest BCUT2D eigenvalue weighted by molar-refractivity contribution is 5.98. The summed E-state index contributed by atoms with van der Waals surface area (Å²) < 4.78 is 7.35. The van der Waals surface area contributed by atoms with Crippen molar-refractivity contribution in [2.75, 3.05) is 5.32 Å².